The van der Waals surface area contributed by atoms with E-state index in [9.17, 15) is 0 Å². The summed E-state index contributed by atoms with van der Waals surface area (Å²) in [5, 5.41) is 4.59. The lowest BCUT2D eigenvalue weighted by atomic mass is 10.2. The Morgan fingerprint density at radius 1 is 1.33 bits per heavy atom. The lowest BCUT2D eigenvalue weighted by molar-refractivity contribution is 0.297. The Morgan fingerprint density at radius 2 is 2.05 bits per heavy atom. The van der Waals surface area contributed by atoms with Crippen LogP contribution in [0.25, 0.3) is 0 Å². The molecule has 1 aromatic heterocycles. The summed E-state index contributed by atoms with van der Waals surface area (Å²) in [5.41, 5.74) is 8.58. The third-order valence-corrected chi connectivity index (χ3v) is 4.07. The first-order chi connectivity index (χ1) is 10.0. The fourth-order valence-electron chi connectivity index (χ4n) is 2.42. The Labute approximate surface area is 134 Å². The minimum absolute atomic E-state index is 0.430. The SMILES string of the molecule is CCC(CC)n1ccc(COc2c(C)cc(Br)cc2N)n1. The van der Waals surface area contributed by atoms with Crippen LogP contribution in [0.15, 0.2) is 28.9 Å². The molecule has 0 saturated carbocycles. The van der Waals surface area contributed by atoms with E-state index in [0.717, 1.165) is 34.3 Å². The fourth-order valence-corrected chi connectivity index (χ4v) is 3.01. The van der Waals surface area contributed by atoms with Crippen LogP contribution in [0.2, 0.25) is 0 Å². The van der Waals surface area contributed by atoms with E-state index in [1.54, 1.807) is 0 Å². The molecule has 0 amide bonds. The second-order valence-corrected chi connectivity index (χ2v) is 6.10. The molecule has 0 aliphatic carbocycles. The quantitative estimate of drug-likeness (QED) is 0.780. The smallest absolute Gasteiger partial charge is 0.145 e. The van der Waals surface area contributed by atoms with Crippen molar-refractivity contribution in [3.8, 4) is 5.75 Å². The van der Waals surface area contributed by atoms with Crippen LogP contribution in [0.4, 0.5) is 5.69 Å². The van der Waals surface area contributed by atoms with Gasteiger partial charge in [0, 0.05) is 10.7 Å². The highest BCUT2D eigenvalue weighted by molar-refractivity contribution is 9.10. The van der Waals surface area contributed by atoms with Crippen LogP contribution in [0.5, 0.6) is 5.75 Å². The van der Waals surface area contributed by atoms with Gasteiger partial charge in [-0.05, 0) is 43.5 Å². The number of anilines is 1. The molecule has 114 valence electrons. The normalized spacial score (nSPS) is 11.1. The zero-order chi connectivity index (χ0) is 15.4. The van der Waals surface area contributed by atoms with Gasteiger partial charge in [0.2, 0.25) is 0 Å². The molecule has 2 aromatic rings. The lowest BCUT2D eigenvalue weighted by Gasteiger charge is -2.13. The monoisotopic (exact) mass is 351 g/mol. The van der Waals surface area contributed by atoms with Gasteiger partial charge in [0.1, 0.15) is 12.4 Å². The van der Waals surface area contributed by atoms with E-state index in [1.807, 2.05) is 36.0 Å². The number of nitrogens with zero attached hydrogens (tertiary/aromatic N) is 2. The van der Waals surface area contributed by atoms with Gasteiger partial charge in [-0.15, -0.1) is 0 Å². The van der Waals surface area contributed by atoms with Crippen molar-refractivity contribution >= 4 is 21.6 Å². The van der Waals surface area contributed by atoms with Crippen molar-refractivity contribution in [2.75, 3.05) is 5.73 Å². The van der Waals surface area contributed by atoms with Gasteiger partial charge in [-0.1, -0.05) is 29.8 Å². The van der Waals surface area contributed by atoms with Crippen LogP contribution < -0.4 is 10.5 Å². The van der Waals surface area contributed by atoms with E-state index in [-0.39, 0.29) is 0 Å². The summed E-state index contributed by atoms with van der Waals surface area (Å²) < 4.78 is 8.83. The van der Waals surface area contributed by atoms with Gasteiger partial charge in [-0.2, -0.15) is 5.10 Å². The van der Waals surface area contributed by atoms with Crippen molar-refractivity contribution in [3.63, 3.8) is 0 Å². The number of rotatable bonds is 6. The standard InChI is InChI=1S/C16H22BrN3O/c1-4-14(5-2)20-7-6-13(19-20)10-21-16-11(3)8-12(17)9-15(16)18/h6-9,14H,4-5,10,18H2,1-3H3. The molecule has 0 unspecified atom stereocenters. The zero-order valence-corrected chi connectivity index (χ0v) is 14.4. The Kier molecular flexibility index (Phi) is 5.28. The highest BCUT2D eigenvalue weighted by atomic mass is 79.9. The van der Waals surface area contributed by atoms with Gasteiger partial charge in [0.05, 0.1) is 17.4 Å². The molecule has 5 heteroatoms. The third-order valence-electron chi connectivity index (χ3n) is 3.61. The maximum Gasteiger partial charge on any atom is 0.145 e. The van der Waals surface area contributed by atoms with Crippen molar-refractivity contribution in [2.24, 2.45) is 0 Å². The average molecular weight is 352 g/mol. The molecule has 2 rings (SSSR count). The van der Waals surface area contributed by atoms with Crippen LogP contribution in [-0.2, 0) is 6.61 Å². The second kappa shape index (κ2) is 6.98. The summed E-state index contributed by atoms with van der Waals surface area (Å²) in [6.07, 6.45) is 4.18. The number of hydrogen-bond donors (Lipinski definition) is 1. The van der Waals surface area contributed by atoms with Gasteiger partial charge in [-0.25, -0.2) is 0 Å². The minimum Gasteiger partial charge on any atom is -0.485 e. The molecular formula is C16H22BrN3O. The second-order valence-electron chi connectivity index (χ2n) is 5.19. The molecule has 2 N–H and O–H groups in total. The van der Waals surface area contributed by atoms with E-state index in [4.69, 9.17) is 10.5 Å². The Bertz CT molecular complexity index is 582. The van der Waals surface area contributed by atoms with Crippen molar-refractivity contribution in [1.29, 1.82) is 0 Å². The van der Waals surface area contributed by atoms with Crippen LogP contribution in [0, 0.1) is 6.92 Å². The maximum atomic E-state index is 6.00. The molecule has 1 heterocycles. The van der Waals surface area contributed by atoms with Crippen LogP contribution in [0.1, 0.15) is 44.0 Å². The summed E-state index contributed by atoms with van der Waals surface area (Å²) >= 11 is 3.43. The highest BCUT2D eigenvalue weighted by Crippen LogP contribution is 2.30. The molecule has 0 radical (unpaired) electrons. The number of aromatic nitrogens is 2. The molecule has 0 bridgehead atoms. The van der Waals surface area contributed by atoms with E-state index >= 15 is 0 Å². The molecular weight excluding hydrogens is 330 g/mol. The number of nitrogen functional groups attached to an aromatic ring is 1. The molecule has 21 heavy (non-hydrogen) atoms. The predicted molar refractivity (Wildman–Crippen MR) is 89.5 cm³/mol. The largest absolute Gasteiger partial charge is 0.485 e. The van der Waals surface area contributed by atoms with Gasteiger partial charge in [0.15, 0.2) is 0 Å². The number of benzene rings is 1. The van der Waals surface area contributed by atoms with Crippen molar-refractivity contribution in [3.05, 3.63) is 40.1 Å². The zero-order valence-electron chi connectivity index (χ0n) is 12.8. The lowest BCUT2D eigenvalue weighted by Crippen LogP contribution is -2.08. The van der Waals surface area contributed by atoms with Crippen molar-refractivity contribution in [1.82, 2.24) is 9.78 Å². The van der Waals surface area contributed by atoms with Gasteiger partial charge >= 0.3 is 0 Å². The summed E-state index contributed by atoms with van der Waals surface area (Å²) in [6, 6.07) is 6.31. The van der Waals surface area contributed by atoms with Gasteiger partial charge in [0.25, 0.3) is 0 Å². The maximum absolute atomic E-state index is 6.00. The topological polar surface area (TPSA) is 53.1 Å². The number of halogens is 1. The Morgan fingerprint density at radius 3 is 2.67 bits per heavy atom. The number of ether oxygens (including phenoxy) is 1. The minimum atomic E-state index is 0.430. The summed E-state index contributed by atoms with van der Waals surface area (Å²) in [4.78, 5) is 0. The first kappa shape index (κ1) is 15.9. The molecule has 0 saturated heterocycles. The van der Waals surface area contributed by atoms with E-state index in [2.05, 4.69) is 34.9 Å². The van der Waals surface area contributed by atoms with Crippen LogP contribution in [-0.4, -0.2) is 9.78 Å². The predicted octanol–water partition coefficient (Wildman–Crippen LogP) is 4.48. The summed E-state index contributed by atoms with van der Waals surface area (Å²) in [5.74, 6) is 0.732. The van der Waals surface area contributed by atoms with Crippen molar-refractivity contribution < 1.29 is 4.74 Å². The van der Waals surface area contributed by atoms with Crippen LogP contribution >= 0.6 is 15.9 Å². The van der Waals surface area contributed by atoms with E-state index in [0.29, 0.717) is 18.3 Å². The first-order valence-electron chi connectivity index (χ1n) is 7.27. The van der Waals surface area contributed by atoms with Crippen LogP contribution in [0.3, 0.4) is 0 Å². The summed E-state index contributed by atoms with van der Waals surface area (Å²) in [6.45, 7) is 6.77. The number of nitrogens with two attached hydrogens (primary N) is 1. The average Bonchev–Trinajstić information content (AvgIpc) is 2.87. The Hall–Kier alpha value is -1.49. The molecule has 0 aliphatic heterocycles. The number of hydrogen-bond acceptors (Lipinski definition) is 3. The van der Waals surface area contributed by atoms with Gasteiger partial charge in [-0.3, -0.25) is 4.68 Å². The first-order valence-corrected chi connectivity index (χ1v) is 8.06. The molecule has 4 nitrogen and oxygen atoms in total. The molecule has 0 spiro atoms. The van der Waals surface area contributed by atoms with Gasteiger partial charge < -0.3 is 10.5 Å². The van der Waals surface area contributed by atoms with E-state index < -0.39 is 0 Å². The van der Waals surface area contributed by atoms with Crippen molar-refractivity contribution in [2.45, 2.75) is 46.3 Å². The molecule has 1 aromatic carbocycles. The third kappa shape index (κ3) is 3.79. The Balaban J connectivity index is 2.07. The summed E-state index contributed by atoms with van der Waals surface area (Å²) in [7, 11) is 0. The molecule has 0 atom stereocenters. The molecule has 0 fully saturated rings. The molecule has 0 aliphatic rings. The van der Waals surface area contributed by atoms with E-state index in [1.165, 1.54) is 0 Å². The number of aryl methyl sites for hydroxylation is 1. The fraction of sp³-hybridized carbons (Fsp3) is 0.438. The highest BCUT2D eigenvalue weighted by Gasteiger charge is 2.10.